The van der Waals surface area contributed by atoms with Crippen LogP contribution in [0.4, 0.5) is 9.93 Å². The van der Waals surface area contributed by atoms with E-state index in [2.05, 4.69) is 15.5 Å². The zero-order valence-corrected chi connectivity index (χ0v) is 12.1. The van der Waals surface area contributed by atoms with E-state index in [4.69, 9.17) is 0 Å². The van der Waals surface area contributed by atoms with Gasteiger partial charge in [-0.05, 0) is 37.4 Å². The number of carbonyl (C=O) groups is 1. The van der Waals surface area contributed by atoms with Crippen LogP contribution in [0.3, 0.4) is 0 Å². The molecule has 98 valence electrons. The Balaban J connectivity index is 1.54. The van der Waals surface area contributed by atoms with E-state index in [1.54, 1.807) is 0 Å². The molecule has 2 aliphatic rings. The number of amides is 2. The van der Waals surface area contributed by atoms with Gasteiger partial charge >= 0.3 is 6.03 Å². The topological polar surface area (TPSA) is 58.1 Å². The maximum Gasteiger partial charge on any atom is 0.323 e. The number of rotatable bonds is 3. The predicted molar refractivity (Wildman–Crippen MR) is 73.2 cm³/mol. The van der Waals surface area contributed by atoms with Crippen molar-refractivity contribution in [1.82, 2.24) is 15.1 Å². The lowest BCUT2D eigenvalue weighted by atomic mass is 9.76. The minimum Gasteiger partial charge on any atom is -0.325 e. The SMILES string of the molecule is CSc1nnc(NC(=O)N(C)C2CC3(CC3)C2)s1. The molecule has 3 rings (SSSR count). The Hall–Kier alpha value is -0.820. The van der Waals surface area contributed by atoms with Crippen molar-refractivity contribution in [1.29, 1.82) is 0 Å². The Bertz CT molecular complexity index is 463. The molecule has 2 aliphatic carbocycles. The molecular formula is C11H16N4OS2. The van der Waals surface area contributed by atoms with Gasteiger partial charge in [-0.15, -0.1) is 10.2 Å². The van der Waals surface area contributed by atoms with Crippen LogP contribution in [0.2, 0.25) is 0 Å². The van der Waals surface area contributed by atoms with E-state index >= 15 is 0 Å². The molecule has 1 N–H and O–H groups in total. The first kappa shape index (κ1) is 12.2. The number of anilines is 1. The molecule has 0 aliphatic heterocycles. The van der Waals surface area contributed by atoms with Gasteiger partial charge in [0, 0.05) is 13.1 Å². The van der Waals surface area contributed by atoms with Crippen molar-refractivity contribution in [2.45, 2.75) is 36.1 Å². The van der Waals surface area contributed by atoms with Crippen LogP contribution in [0.15, 0.2) is 4.34 Å². The summed E-state index contributed by atoms with van der Waals surface area (Å²) in [6.45, 7) is 0. The monoisotopic (exact) mass is 284 g/mol. The Morgan fingerprint density at radius 2 is 2.22 bits per heavy atom. The van der Waals surface area contributed by atoms with Gasteiger partial charge in [0.15, 0.2) is 4.34 Å². The van der Waals surface area contributed by atoms with E-state index in [0.29, 0.717) is 16.6 Å². The summed E-state index contributed by atoms with van der Waals surface area (Å²) < 4.78 is 0.869. The summed E-state index contributed by atoms with van der Waals surface area (Å²) in [5.41, 5.74) is 0.619. The second-order valence-corrected chi connectivity index (χ2v) is 7.21. The highest BCUT2D eigenvalue weighted by Gasteiger charge is 2.54. The Morgan fingerprint density at radius 3 is 2.78 bits per heavy atom. The molecule has 1 aromatic rings. The van der Waals surface area contributed by atoms with Gasteiger partial charge in [0.1, 0.15) is 0 Å². The van der Waals surface area contributed by atoms with E-state index in [1.165, 1.54) is 48.8 Å². The maximum atomic E-state index is 12.0. The third kappa shape index (κ3) is 2.21. The van der Waals surface area contributed by atoms with Gasteiger partial charge in [-0.2, -0.15) is 0 Å². The van der Waals surface area contributed by atoms with Crippen molar-refractivity contribution in [2.24, 2.45) is 5.41 Å². The van der Waals surface area contributed by atoms with E-state index in [0.717, 1.165) is 4.34 Å². The van der Waals surface area contributed by atoms with Crippen LogP contribution < -0.4 is 5.32 Å². The van der Waals surface area contributed by atoms with Gasteiger partial charge < -0.3 is 4.90 Å². The standard InChI is InChI=1S/C11H16N4OS2/c1-15(7-5-11(6-7)3-4-11)9(16)12-8-13-14-10(17-2)18-8/h7H,3-6H2,1-2H3,(H,12,13,16). The first-order valence-corrected chi connectivity index (χ1v) is 8.07. The number of nitrogens with zero attached hydrogens (tertiary/aromatic N) is 3. The molecule has 2 fully saturated rings. The van der Waals surface area contributed by atoms with Crippen molar-refractivity contribution in [3.05, 3.63) is 0 Å². The van der Waals surface area contributed by atoms with Crippen LogP contribution in [0, 0.1) is 5.41 Å². The largest absolute Gasteiger partial charge is 0.325 e. The fourth-order valence-corrected chi connectivity index (χ4v) is 3.65. The van der Waals surface area contributed by atoms with Crippen molar-refractivity contribution in [2.75, 3.05) is 18.6 Å². The van der Waals surface area contributed by atoms with Gasteiger partial charge in [-0.3, -0.25) is 5.32 Å². The predicted octanol–water partition coefficient (Wildman–Crippen LogP) is 2.67. The molecular weight excluding hydrogens is 268 g/mol. The Morgan fingerprint density at radius 1 is 1.50 bits per heavy atom. The van der Waals surface area contributed by atoms with Gasteiger partial charge in [-0.25, -0.2) is 4.79 Å². The fourth-order valence-electron chi connectivity index (χ4n) is 2.49. The molecule has 1 heterocycles. The number of hydrogen-bond acceptors (Lipinski definition) is 5. The van der Waals surface area contributed by atoms with Crippen LogP contribution in [0.5, 0.6) is 0 Å². The number of nitrogens with one attached hydrogen (secondary N) is 1. The van der Waals surface area contributed by atoms with Gasteiger partial charge in [0.25, 0.3) is 0 Å². The van der Waals surface area contributed by atoms with E-state index in [-0.39, 0.29) is 6.03 Å². The number of carbonyl (C=O) groups excluding carboxylic acids is 1. The summed E-state index contributed by atoms with van der Waals surface area (Å²) in [7, 11) is 1.87. The number of thioether (sulfide) groups is 1. The summed E-state index contributed by atoms with van der Waals surface area (Å²) in [6.07, 6.45) is 6.99. The van der Waals surface area contributed by atoms with Crippen LogP contribution in [0.25, 0.3) is 0 Å². The summed E-state index contributed by atoms with van der Waals surface area (Å²) in [6, 6.07) is 0.333. The second kappa shape index (κ2) is 4.38. The van der Waals surface area contributed by atoms with Gasteiger partial charge in [0.2, 0.25) is 5.13 Å². The molecule has 0 unspecified atom stereocenters. The molecule has 0 radical (unpaired) electrons. The zero-order valence-electron chi connectivity index (χ0n) is 10.5. The van der Waals surface area contributed by atoms with Crippen molar-refractivity contribution < 1.29 is 4.79 Å². The molecule has 0 atom stereocenters. The summed E-state index contributed by atoms with van der Waals surface area (Å²) >= 11 is 2.95. The van der Waals surface area contributed by atoms with Crippen molar-refractivity contribution in [3.63, 3.8) is 0 Å². The minimum atomic E-state index is -0.0701. The average Bonchev–Trinajstić information content (AvgIpc) is 3.00. The first-order chi connectivity index (χ1) is 8.62. The third-order valence-electron chi connectivity index (χ3n) is 3.96. The van der Waals surface area contributed by atoms with Crippen molar-refractivity contribution >= 4 is 34.3 Å². The van der Waals surface area contributed by atoms with E-state index in [9.17, 15) is 4.79 Å². The summed E-state index contributed by atoms with van der Waals surface area (Å²) in [5.74, 6) is 0. The number of hydrogen-bond donors (Lipinski definition) is 1. The first-order valence-electron chi connectivity index (χ1n) is 6.03. The summed E-state index contributed by atoms with van der Waals surface area (Å²) in [4.78, 5) is 13.8. The highest BCUT2D eigenvalue weighted by atomic mass is 32.2. The maximum absolute atomic E-state index is 12.0. The van der Waals surface area contributed by atoms with E-state index < -0.39 is 0 Å². The second-order valence-electron chi connectivity index (χ2n) is 5.18. The number of urea groups is 1. The van der Waals surface area contributed by atoms with Gasteiger partial charge in [0.05, 0.1) is 0 Å². The minimum absolute atomic E-state index is 0.0701. The molecule has 2 amide bonds. The Labute approximate surface area is 114 Å². The molecule has 7 heteroatoms. The highest BCUT2D eigenvalue weighted by molar-refractivity contribution is 8.00. The van der Waals surface area contributed by atoms with Crippen LogP contribution in [-0.2, 0) is 0 Å². The molecule has 1 aromatic heterocycles. The van der Waals surface area contributed by atoms with Crippen LogP contribution in [0.1, 0.15) is 25.7 Å². The lowest BCUT2D eigenvalue weighted by Crippen LogP contribution is -2.48. The highest BCUT2D eigenvalue weighted by Crippen LogP contribution is 2.61. The average molecular weight is 284 g/mol. The lowest BCUT2D eigenvalue weighted by Gasteiger charge is -2.41. The number of aromatic nitrogens is 2. The zero-order chi connectivity index (χ0) is 12.8. The lowest BCUT2D eigenvalue weighted by molar-refractivity contribution is 0.110. The third-order valence-corrected chi connectivity index (χ3v) is 5.77. The molecule has 5 nitrogen and oxygen atoms in total. The molecule has 2 saturated carbocycles. The molecule has 18 heavy (non-hydrogen) atoms. The van der Waals surface area contributed by atoms with Crippen LogP contribution >= 0.6 is 23.1 Å². The van der Waals surface area contributed by atoms with Crippen molar-refractivity contribution in [3.8, 4) is 0 Å². The van der Waals surface area contributed by atoms with E-state index in [1.807, 2.05) is 18.2 Å². The molecule has 1 spiro atoms. The normalized spacial score (nSPS) is 20.6. The molecule has 0 saturated heterocycles. The summed E-state index contributed by atoms with van der Waals surface area (Å²) in [5, 5.41) is 11.3. The molecule has 0 aromatic carbocycles. The Kier molecular flexibility index (Phi) is 2.97. The fraction of sp³-hybridized carbons (Fsp3) is 0.727. The smallest absolute Gasteiger partial charge is 0.323 e. The quantitative estimate of drug-likeness (QED) is 0.685. The van der Waals surface area contributed by atoms with Gasteiger partial charge in [-0.1, -0.05) is 23.1 Å². The van der Waals surface area contributed by atoms with Crippen LogP contribution in [-0.4, -0.2) is 40.5 Å². The molecule has 0 bridgehead atoms.